The summed E-state index contributed by atoms with van der Waals surface area (Å²) in [4.78, 5) is 2.76. The van der Waals surface area contributed by atoms with Gasteiger partial charge in [0.2, 0.25) is 12.0 Å². The number of imidazole rings is 1. The van der Waals surface area contributed by atoms with Gasteiger partial charge in [0.05, 0.1) is 7.05 Å². The molecule has 0 fully saturated rings. The van der Waals surface area contributed by atoms with Gasteiger partial charge in [0.1, 0.15) is 12.3 Å². The Kier molecular flexibility index (Phi) is 1.01. The van der Waals surface area contributed by atoms with Gasteiger partial charge in [-0.3, -0.25) is 0 Å². The molecule has 0 aliphatic carbocycles. The summed E-state index contributed by atoms with van der Waals surface area (Å²) in [6.07, 6.45) is 3.44. The summed E-state index contributed by atoms with van der Waals surface area (Å²) >= 11 is 0. The smallest absolute Gasteiger partial charge is 0.238 e. The summed E-state index contributed by atoms with van der Waals surface area (Å²) in [5.74, 6) is 0. The normalized spacial score (nSPS) is 8.50. The highest BCUT2D eigenvalue weighted by atomic mass is 15.0. The van der Waals surface area contributed by atoms with Gasteiger partial charge in [0.25, 0.3) is 0 Å². The molecule has 8 heavy (non-hydrogen) atoms. The second-order valence-corrected chi connectivity index (χ2v) is 1.59. The molecule has 0 spiro atoms. The fourth-order valence-corrected chi connectivity index (χ4v) is 0.511. The van der Waals surface area contributed by atoms with Crippen LogP contribution in [0.25, 0.3) is 0 Å². The minimum atomic E-state index is 0.590. The summed E-state index contributed by atoms with van der Waals surface area (Å²) in [5, 5.41) is 8.26. The van der Waals surface area contributed by atoms with Gasteiger partial charge >= 0.3 is 0 Å². The van der Waals surface area contributed by atoms with Crippen molar-refractivity contribution in [3.05, 3.63) is 18.2 Å². The van der Waals surface area contributed by atoms with Crippen LogP contribution < -0.4 is 4.57 Å². The van der Waals surface area contributed by atoms with Gasteiger partial charge in [-0.05, 0) is 0 Å². The Morgan fingerprint density at radius 1 is 1.88 bits per heavy atom. The summed E-state index contributed by atoms with van der Waals surface area (Å²) in [6, 6.07) is 1.97. The number of H-pyrrole nitrogens is 1. The van der Waals surface area contributed by atoms with E-state index in [-0.39, 0.29) is 0 Å². The molecule has 0 unspecified atom stereocenters. The average molecular weight is 108 g/mol. The summed E-state index contributed by atoms with van der Waals surface area (Å²) < 4.78 is 1.79. The second kappa shape index (κ2) is 1.66. The Morgan fingerprint density at radius 2 is 2.62 bits per heavy atom. The molecule has 1 rings (SSSR count). The maximum atomic E-state index is 8.26. The third-order valence-electron chi connectivity index (χ3n) is 0.877. The minimum Gasteiger partial charge on any atom is -0.238 e. The zero-order valence-electron chi connectivity index (χ0n) is 4.55. The van der Waals surface area contributed by atoms with Crippen molar-refractivity contribution < 1.29 is 4.57 Å². The Labute approximate surface area is 47.2 Å². The molecule has 0 radical (unpaired) electrons. The zero-order valence-corrected chi connectivity index (χ0v) is 4.55. The molecule has 1 aromatic rings. The number of aryl methyl sites for hydroxylation is 1. The van der Waals surface area contributed by atoms with Crippen molar-refractivity contribution >= 4 is 0 Å². The van der Waals surface area contributed by atoms with Crippen molar-refractivity contribution in [3.63, 3.8) is 0 Å². The van der Waals surface area contributed by atoms with Gasteiger partial charge in [0.15, 0.2) is 0 Å². The van der Waals surface area contributed by atoms with Crippen LogP contribution in [0.15, 0.2) is 12.5 Å². The summed E-state index contributed by atoms with van der Waals surface area (Å²) in [6.45, 7) is 0. The molecule has 0 atom stereocenters. The quantitative estimate of drug-likeness (QED) is 0.456. The molecule has 0 amide bonds. The van der Waals surface area contributed by atoms with Gasteiger partial charge in [-0.2, -0.15) is 5.26 Å². The van der Waals surface area contributed by atoms with Crippen LogP contribution >= 0.6 is 0 Å². The number of nitriles is 1. The number of nitrogens with zero attached hydrogens (tertiary/aromatic N) is 2. The van der Waals surface area contributed by atoms with Crippen molar-refractivity contribution in [2.24, 2.45) is 7.05 Å². The van der Waals surface area contributed by atoms with Crippen LogP contribution in [-0.2, 0) is 7.05 Å². The highest BCUT2D eigenvalue weighted by molar-refractivity contribution is 5.11. The number of aromatic amines is 1. The molecule has 40 valence electrons. The molecule has 0 bridgehead atoms. The molecule has 0 aliphatic heterocycles. The Balaban J connectivity index is 3.05. The van der Waals surface area contributed by atoms with Gasteiger partial charge < -0.3 is 0 Å². The van der Waals surface area contributed by atoms with Gasteiger partial charge in [-0.15, -0.1) is 0 Å². The van der Waals surface area contributed by atoms with E-state index >= 15 is 0 Å². The summed E-state index contributed by atoms with van der Waals surface area (Å²) in [7, 11) is 1.86. The van der Waals surface area contributed by atoms with Crippen LogP contribution in [0.2, 0.25) is 0 Å². The summed E-state index contributed by atoms with van der Waals surface area (Å²) in [5.41, 5.74) is 0.590. The first-order chi connectivity index (χ1) is 3.83. The first kappa shape index (κ1) is 4.85. The van der Waals surface area contributed by atoms with Crippen LogP contribution in [-0.4, -0.2) is 4.98 Å². The molecular formula is C5H6N3+. The second-order valence-electron chi connectivity index (χ2n) is 1.59. The van der Waals surface area contributed by atoms with Gasteiger partial charge in [0, 0.05) is 0 Å². The highest BCUT2D eigenvalue weighted by Gasteiger charge is 1.96. The molecule has 0 saturated heterocycles. The lowest BCUT2D eigenvalue weighted by atomic mass is 10.5. The first-order valence-electron chi connectivity index (χ1n) is 2.26. The van der Waals surface area contributed by atoms with Gasteiger partial charge in [-0.1, -0.05) is 0 Å². The lowest BCUT2D eigenvalue weighted by molar-refractivity contribution is -0.670. The predicted molar refractivity (Wildman–Crippen MR) is 26.7 cm³/mol. The van der Waals surface area contributed by atoms with Crippen LogP contribution in [0.3, 0.4) is 0 Å². The van der Waals surface area contributed by atoms with E-state index in [1.807, 2.05) is 13.1 Å². The molecule has 3 nitrogen and oxygen atoms in total. The monoisotopic (exact) mass is 108 g/mol. The van der Waals surface area contributed by atoms with Crippen LogP contribution in [0, 0.1) is 11.3 Å². The van der Waals surface area contributed by atoms with E-state index < -0.39 is 0 Å². The van der Waals surface area contributed by atoms with E-state index in [0.717, 1.165) is 0 Å². The van der Waals surface area contributed by atoms with Crippen molar-refractivity contribution in [3.8, 4) is 6.07 Å². The number of hydrogen-bond donors (Lipinski definition) is 1. The Hall–Kier alpha value is -1.30. The molecule has 3 heteroatoms. The molecule has 0 aromatic carbocycles. The fourth-order valence-electron chi connectivity index (χ4n) is 0.511. The van der Waals surface area contributed by atoms with Crippen LogP contribution in [0.1, 0.15) is 5.69 Å². The third kappa shape index (κ3) is 0.684. The molecule has 1 heterocycles. The maximum absolute atomic E-state index is 8.26. The van der Waals surface area contributed by atoms with E-state index in [1.54, 1.807) is 17.1 Å². The number of hydrogen-bond acceptors (Lipinski definition) is 1. The minimum absolute atomic E-state index is 0.590. The van der Waals surface area contributed by atoms with E-state index in [1.165, 1.54) is 0 Å². The van der Waals surface area contributed by atoms with Crippen LogP contribution in [0.5, 0.6) is 0 Å². The standard InChI is InChI=1S/C5H5N3/c1-8-3-5(2-6)7-4-8/h3-4H,1H3/p+1. The van der Waals surface area contributed by atoms with E-state index in [9.17, 15) is 0 Å². The zero-order chi connectivity index (χ0) is 5.98. The number of rotatable bonds is 0. The molecule has 1 aromatic heterocycles. The van der Waals surface area contributed by atoms with Crippen molar-refractivity contribution in [1.82, 2.24) is 4.98 Å². The molecular weight excluding hydrogens is 102 g/mol. The highest BCUT2D eigenvalue weighted by Crippen LogP contribution is 1.80. The maximum Gasteiger partial charge on any atom is 0.242 e. The first-order valence-corrected chi connectivity index (χ1v) is 2.26. The predicted octanol–water partition coefficient (Wildman–Crippen LogP) is -0.289. The third-order valence-corrected chi connectivity index (χ3v) is 0.877. The Bertz CT molecular complexity index is 218. The Morgan fingerprint density at radius 3 is 2.88 bits per heavy atom. The average Bonchev–Trinajstić information content (AvgIpc) is 2.14. The number of nitrogens with one attached hydrogen (secondary N) is 1. The van der Waals surface area contributed by atoms with E-state index in [0.29, 0.717) is 5.69 Å². The lowest BCUT2D eigenvalue weighted by Gasteiger charge is -1.67. The number of aromatic nitrogens is 2. The van der Waals surface area contributed by atoms with Gasteiger partial charge in [-0.25, -0.2) is 9.55 Å². The lowest BCUT2D eigenvalue weighted by Crippen LogP contribution is -2.22. The largest absolute Gasteiger partial charge is 0.242 e. The fraction of sp³-hybridized carbons (Fsp3) is 0.200. The molecule has 0 saturated carbocycles. The SMILES string of the molecule is C[n+]1c[nH]c(C#N)c1. The topological polar surface area (TPSA) is 43.5 Å². The van der Waals surface area contributed by atoms with Crippen molar-refractivity contribution in [2.45, 2.75) is 0 Å². The van der Waals surface area contributed by atoms with Crippen molar-refractivity contribution in [2.75, 3.05) is 0 Å². The van der Waals surface area contributed by atoms with Crippen molar-refractivity contribution in [1.29, 1.82) is 5.26 Å². The molecule has 0 aliphatic rings. The molecule has 1 N–H and O–H groups in total. The van der Waals surface area contributed by atoms with E-state index in [2.05, 4.69) is 4.98 Å². The van der Waals surface area contributed by atoms with Crippen LogP contribution in [0.4, 0.5) is 0 Å². The van der Waals surface area contributed by atoms with E-state index in [4.69, 9.17) is 5.26 Å².